The second-order valence-corrected chi connectivity index (χ2v) is 9.58. The van der Waals surface area contributed by atoms with Gasteiger partial charge in [-0.1, -0.05) is 79.6 Å². The Bertz CT molecular complexity index is 1130. The Hall–Kier alpha value is -3.60. The summed E-state index contributed by atoms with van der Waals surface area (Å²) in [5.41, 5.74) is 5.94. The van der Waals surface area contributed by atoms with Crippen LogP contribution in [0.4, 0.5) is 0 Å². The Morgan fingerprint density at radius 3 is 2.17 bits per heavy atom. The molecule has 3 aromatic carbocycles. The zero-order valence-electron chi connectivity index (χ0n) is 21.0. The third-order valence-electron chi connectivity index (χ3n) is 5.84. The molecule has 184 valence electrons. The van der Waals surface area contributed by atoms with Crippen molar-refractivity contribution in [1.29, 1.82) is 0 Å². The highest BCUT2D eigenvalue weighted by atomic mass is 16.5. The molecule has 0 aliphatic heterocycles. The van der Waals surface area contributed by atoms with Gasteiger partial charge in [-0.05, 0) is 67.9 Å². The third kappa shape index (κ3) is 7.99. The van der Waals surface area contributed by atoms with Gasteiger partial charge in [0, 0.05) is 0 Å². The Balaban J connectivity index is 1.88. The van der Waals surface area contributed by atoms with E-state index in [1.165, 1.54) is 5.56 Å². The molecule has 0 radical (unpaired) electrons. The molecule has 0 aliphatic carbocycles. The van der Waals surface area contributed by atoms with Crippen molar-refractivity contribution in [1.82, 2.24) is 5.32 Å². The average Bonchev–Trinajstić information content (AvgIpc) is 2.81. The van der Waals surface area contributed by atoms with Crippen LogP contribution in [0.2, 0.25) is 0 Å². The summed E-state index contributed by atoms with van der Waals surface area (Å²) in [4.78, 5) is 24.6. The molecular weight excluding hydrogens is 438 g/mol. The molecule has 2 N–H and O–H groups in total. The summed E-state index contributed by atoms with van der Waals surface area (Å²) in [6.45, 7) is 7.87. The predicted octanol–water partition coefficient (Wildman–Crippen LogP) is 6.07. The molecular formula is C30H35NO4. The molecule has 0 unspecified atom stereocenters. The molecule has 0 saturated heterocycles. The van der Waals surface area contributed by atoms with Gasteiger partial charge in [0.1, 0.15) is 5.75 Å². The van der Waals surface area contributed by atoms with E-state index >= 15 is 0 Å². The first-order valence-corrected chi connectivity index (χ1v) is 12.1. The largest absolute Gasteiger partial charge is 0.481 e. The molecule has 0 aliphatic rings. The van der Waals surface area contributed by atoms with Crippen LogP contribution < -0.4 is 10.1 Å². The number of carboxylic acid groups (broad SMARTS) is 1. The average molecular weight is 474 g/mol. The first-order valence-electron chi connectivity index (χ1n) is 12.1. The molecule has 1 atom stereocenters. The highest BCUT2D eigenvalue weighted by Crippen LogP contribution is 2.27. The van der Waals surface area contributed by atoms with Crippen molar-refractivity contribution in [3.8, 4) is 5.75 Å². The van der Waals surface area contributed by atoms with E-state index in [2.05, 4.69) is 63.3 Å². The van der Waals surface area contributed by atoms with E-state index in [4.69, 9.17) is 9.84 Å². The van der Waals surface area contributed by atoms with Gasteiger partial charge in [0.25, 0.3) is 5.91 Å². The SMILES string of the molecule is Cc1cc(C)cc([C@@H](CC(C)C)NC(=O)c2cc(CCc3ccccc3)ccc2OCC(=O)O)c1. The van der Waals surface area contributed by atoms with Gasteiger partial charge < -0.3 is 15.2 Å². The number of rotatable bonds is 11. The Labute approximate surface area is 208 Å². The number of carbonyl (C=O) groups excluding carboxylic acids is 1. The second-order valence-electron chi connectivity index (χ2n) is 9.58. The van der Waals surface area contributed by atoms with Gasteiger partial charge >= 0.3 is 5.97 Å². The van der Waals surface area contributed by atoms with Gasteiger partial charge in [-0.25, -0.2) is 4.79 Å². The van der Waals surface area contributed by atoms with Crippen molar-refractivity contribution in [2.75, 3.05) is 6.61 Å². The normalized spacial score (nSPS) is 11.8. The Morgan fingerprint density at radius 1 is 0.886 bits per heavy atom. The van der Waals surface area contributed by atoms with Crippen molar-refractivity contribution < 1.29 is 19.4 Å². The minimum absolute atomic E-state index is 0.165. The van der Waals surface area contributed by atoms with Gasteiger partial charge in [0.05, 0.1) is 11.6 Å². The molecule has 0 bridgehead atoms. The van der Waals surface area contributed by atoms with Crippen molar-refractivity contribution in [3.63, 3.8) is 0 Å². The molecule has 0 heterocycles. The number of carboxylic acids is 1. The molecule has 0 spiro atoms. The van der Waals surface area contributed by atoms with E-state index < -0.39 is 12.6 Å². The summed E-state index contributed by atoms with van der Waals surface area (Å²) in [5, 5.41) is 12.3. The van der Waals surface area contributed by atoms with Crippen LogP contribution in [0.25, 0.3) is 0 Å². The van der Waals surface area contributed by atoms with E-state index in [0.29, 0.717) is 11.5 Å². The summed E-state index contributed by atoms with van der Waals surface area (Å²) in [7, 11) is 0. The molecule has 0 saturated carbocycles. The molecule has 5 heteroatoms. The summed E-state index contributed by atoms with van der Waals surface area (Å²) >= 11 is 0. The van der Waals surface area contributed by atoms with E-state index in [1.807, 2.05) is 30.3 Å². The molecule has 0 aromatic heterocycles. The van der Waals surface area contributed by atoms with E-state index in [1.54, 1.807) is 6.07 Å². The van der Waals surface area contributed by atoms with Crippen molar-refractivity contribution >= 4 is 11.9 Å². The molecule has 1 amide bonds. The number of nitrogens with one attached hydrogen (secondary N) is 1. The van der Waals surface area contributed by atoms with Crippen LogP contribution in [-0.2, 0) is 17.6 Å². The lowest BCUT2D eigenvalue weighted by molar-refractivity contribution is -0.139. The highest BCUT2D eigenvalue weighted by molar-refractivity contribution is 5.97. The van der Waals surface area contributed by atoms with Crippen LogP contribution in [0.5, 0.6) is 5.75 Å². The van der Waals surface area contributed by atoms with E-state index in [9.17, 15) is 9.59 Å². The maximum Gasteiger partial charge on any atom is 0.341 e. The van der Waals surface area contributed by atoms with Crippen LogP contribution in [-0.4, -0.2) is 23.6 Å². The smallest absolute Gasteiger partial charge is 0.341 e. The highest BCUT2D eigenvalue weighted by Gasteiger charge is 2.21. The Morgan fingerprint density at radius 2 is 1.54 bits per heavy atom. The zero-order valence-corrected chi connectivity index (χ0v) is 21.0. The quantitative estimate of drug-likeness (QED) is 0.354. The Kier molecular flexibility index (Phi) is 9.07. The van der Waals surface area contributed by atoms with Gasteiger partial charge in [0.2, 0.25) is 0 Å². The number of hydrogen-bond acceptors (Lipinski definition) is 3. The van der Waals surface area contributed by atoms with Crippen LogP contribution >= 0.6 is 0 Å². The lowest BCUT2D eigenvalue weighted by atomic mass is 9.94. The lowest BCUT2D eigenvalue weighted by Gasteiger charge is -2.23. The number of ether oxygens (including phenoxy) is 1. The molecule has 5 nitrogen and oxygen atoms in total. The number of amides is 1. The molecule has 3 rings (SSSR count). The van der Waals surface area contributed by atoms with Crippen LogP contribution in [0.3, 0.4) is 0 Å². The van der Waals surface area contributed by atoms with Crippen LogP contribution in [0, 0.1) is 19.8 Å². The van der Waals surface area contributed by atoms with Crippen LogP contribution in [0.15, 0.2) is 66.7 Å². The molecule has 3 aromatic rings. The molecule has 35 heavy (non-hydrogen) atoms. The maximum atomic E-state index is 13.5. The van der Waals surface area contributed by atoms with E-state index in [-0.39, 0.29) is 17.7 Å². The van der Waals surface area contributed by atoms with Crippen molar-refractivity contribution in [3.05, 3.63) is 100 Å². The molecule has 0 fully saturated rings. The fourth-order valence-corrected chi connectivity index (χ4v) is 4.31. The first-order chi connectivity index (χ1) is 16.7. The third-order valence-corrected chi connectivity index (χ3v) is 5.84. The van der Waals surface area contributed by atoms with Crippen molar-refractivity contribution in [2.24, 2.45) is 5.92 Å². The first kappa shape index (κ1) is 26.0. The number of benzene rings is 3. The number of carbonyl (C=O) groups is 2. The number of aryl methyl sites for hydroxylation is 4. The number of hydrogen-bond donors (Lipinski definition) is 2. The summed E-state index contributed by atoms with van der Waals surface area (Å²) < 4.78 is 5.48. The van der Waals surface area contributed by atoms with Gasteiger partial charge in [-0.3, -0.25) is 4.79 Å². The van der Waals surface area contributed by atoms with Crippen molar-refractivity contribution in [2.45, 2.75) is 53.0 Å². The topological polar surface area (TPSA) is 75.6 Å². The van der Waals surface area contributed by atoms with Gasteiger partial charge in [-0.2, -0.15) is 0 Å². The standard InChI is InChI=1S/C30H35NO4/c1-20(2)14-27(25-16-21(3)15-22(4)17-25)31-30(34)26-18-24(11-10-23-8-6-5-7-9-23)12-13-28(26)35-19-29(32)33/h5-9,12-13,15-18,20,27H,10-11,14,19H2,1-4H3,(H,31,34)(H,32,33)/t27-/m1/s1. The predicted molar refractivity (Wildman–Crippen MR) is 139 cm³/mol. The summed E-state index contributed by atoms with van der Waals surface area (Å²) in [6, 6.07) is 21.8. The van der Waals surface area contributed by atoms with Gasteiger partial charge in [-0.15, -0.1) is 0 Å². The monoisotopic (exact) mass is 473 g/mol. The summed E-state index contributed by atoms with van der Waals surface area (Å²) in [6.07, 6.45) is 2.39. The zero-order chi connectivity index (χ0) is 25.4. The number of aliphatic carboxylic acids is 1. The van der Waals surface area contributed by atoms with Gasteiger partial charge in [0.15, 0.2) is 6.61 Å². The van der Waals surface area contributed by atoms with Crippen LogP contribution in [0.1, 0.15) is 64.5 Å². The lowest BCUT2D eigenvalue weighted by Crippen LogP contribution is -2.30. The minimum Gasteiger partial charge on any atom is -0.481 e. The summed E-state index contributed by atoms with van der Waals surface area (Å²) in [5.74, 6) is -0.702. The minimum atomic E-state index is -1.09. The maximum absolute atomic E-state index is 13.5. The van der Waals surface area contributed by atoms with E-state index in [0.717, 1.165) is 41.5 Å². The fourth-order valence-electron chi connectivity index (χ4n) is 4.31. The second kappa shape index (κ2) is 12.2. The fraction of sp³-hybridized carbons (Fsp3) is 0.333.